The molecule has 1 saturated carbocycles. The molecule has 0 aromatic rings. The van der Waals surface area contributed by atoms with E-state index in [-0.39, 0.29) is 40.9 Å². The molecule has 2 aliphatic carbocycles. The fourth-order valence-electron chi connectivity index (χ4n) is 7.05. The van der Waals surface area contributed by atoms with Crippen molar-refractivity contribution in [3.8, 4) is 0 Å². The first-order valence-corrected chi connectivity index (χ1v) is 13.5. The molecular formula is C30H42O7. The van der Waals surface area contributed by atoms with Crippen LogP contribution in [0, 0.1) is 17.3 Å². The van der Waals surface area contributed by atoms with E-state index in [2.05, 4.69) is 13.8 Å². The van der Waals surface area contributed by atoms with Crippen LogP contribution < -0.4 is 0 Å². The first-order chi connectivity index (χ1) is 17.1. The molecular weight excluding hydrogens is 472 g/mol. The predicted octanol–water partition coefficient (Wildman–Crippen LogP) is 4.77. The summed E-state index contributed by atoms with van der Waals surface area (Å²) in [5.74, 6) is -1.29. The maximum absolute atomic E-state index is 13.8. The molecule has 0 amide bonds. The fraction of sp³-hybridized carbons (Fsp3) is 0.700. The highest BCUT2D eigenvalue weighted by atomic mass is 16.5. The molecule has 37 heavy (non-hydrogen) atoms. The number of esters is 1. The van der Waals surface area contributed by atoms with E-state index in [4.69, 9.17) is 14.2 Å². The normalized spacial score (nSPS) is 36.0. The number of rotatable bonds is 5. The molecule has 0 spiro atoms. The number of carbonyl (C=O) groups is 3. The van der Waals surface area contributed by atoms with Crippen LogP contribution in [0.1, 0.15) is 87.5 Å². The maximum Gasteiger partial charge on any atom is 0.303 e. The first-order valence-electron chi connectivity index (χ1n) is 13.5. The molecule has 7 heteroatoms. The first kappa shape index (κ1) is 27.8. The van der Waals surface area contributed by atoms with Crippen LogP contribution in [0.15, 0.2) is 34.6 Å². The van der Waals surface area contributed by atoms with Gasteiger partial charge in [-0.1, -0.05) is 19.9 Å². The number of hydrogen-bond donors (Lipinski definition) is 1. The van der Waals surface area contributed by atoms with Crippen molar-refractivity contribution in [2.75, 3.05) is 0 Å². The van der Waals surface area contributed by atoms with Gasteiger partial charge in [-0.3, -0.25) is 14.4 Å². The van der Waals surface area contributed by atoms with Crippen LogP contribution in [0.25, 0.3) is 0 Å². The average Bonchev–Trinajstić information content (AvgIpc) is 2.81. The van der Waals surface area contributed by atoms with Gasteiger partial charge in [-0.25, -0.2) is 0 Å². The van der Waals surface area contributed by atoms with E-state index in [0.29, 0.717) is 24.0 Å². The van der Waals surface area contributed by atoms with E-state index >= 15 is 0 Å². The highest BCUT2D eigenvalue weighted by molar-refractivity contribution is 6.22. The Morgan fingerprint density at radius 1 is 1.22 bits per heavy atom. The number of ketones is 2. The minimum Gasteiger partial charge on any atom is -0.483 e. The standard InChI is InChI=1S/C30H42O7/c1-9-16(2)26(35-18(4)31)17(3)19-14-21(32)20-15-22-29(7)12-10-23(28(5,6)34)36-24(29)11-13-30(22,8)37-27(20)25(19)33/h9,14,17,22-24,26,34H,10-13,15H2,1-8H3/b16-9+/t17-,22+,23+,24+,26+,29+,30+/m0/s1. The van der Waals surface area contributed by atoms with Crippen molar-refractivity contribution in [3.63, 3.8) is 0 Å². The minimum absolute atomic E-state index is 0.00319. The molecule has 0 radical (unpaired) electrons. The van der Waals surface area contributed by atoms with Crippen molar-refractivity contribution in [2.24, 2.45) is 17.3 Å². The molecule has 1 saturated heterocycles. The van der Waals surface area contributed by atoms with Crippen LogP contribution in [-0.2, 0) is 28.6 Å². The van der Waals surface area contributed by atoms with Crippen LogP contribution in [-0.4, -0.2) is 52.2 Å². The maximum atomic E-state index is 13.8. The number of carbonyl (C=O) groups excluding carboxylic acids is 3. The van der Waals surface area contributed by atoms with Gasteiger partial charge in [0.2, 0.25) is 5.78 Å². The van der Waals surface area contributed by atoms with Gasteiger partial charge in [-0.2, -0.15) is 0 Å². The van der Waals surface area contributed by atoms with Gasteiger partial charge in [0, 0.05) is 35.3 Å². The van der Waals surface area contributed by atoms with Gasteiger partial charge in [-0.15, -0.1) is 0 Å². The number of fused-ring (bicyclic) bond motifs is 3. The minimum atomic E-state index is -0.917. The number of hydrogen-bond acceptors (Lipinski definition) is 7. The Bertz CT molecular complexity index is 1090. The summed E-state index contributed by atoms with van der Waals surface area (Å²) in [6.45, 7) is 14.7. The lowest BCUT2D eigenvalue weighted by Gasteiger charge is -2.60. The van der Waals surface area contributed by atoms with Crippen molar-refractivity contribution < 1.29 is 33.7 Å². The molecule has 4 rings (SSSR count). The number of allylic oxidation sites excluding steroid dienone is 4. The summed E-state index contributed by atoms with van der Waals surface area (Å²) in [6, 6.07) is 0. The Morgan fingerprint density at radius 3 is 2.49 bits per heavy atom. The second kappa shape index (κ2) is 9.49. The van der Waals surface area contributed by atoms with Crippen LogP contribution in [0.2, 0.25) is 0 Å². The molecule has 2 heterocycles. The molecule has 0 aromatic carbocycles. The summed E-state index contributed by atoms with van der Waals surface area (Å²) < 4.78 is 18.5. The van der Waals surface area contributed by atoms with Crippen LogP contribution in [0.4, 0.5) is 0 Å². The van der Waals surface area contributed by atoms with E-state index in [9.17, 15) is 19.5 Å². The van der Waals surface area contributed by atoms with E-state index in [1.807, 2.05) is 19.9 Å². The van der Waals surface area contributed by atoms with E-state index in [1.165, 1.54) is 13.0 Å². The molecule has 0 bridgehead atoms. The molecule has 7 nitrogen and oxygen atoms in total. The van der Waals surface area contributed by atoms with Crippen molar-refractivity contribution in [3.05, 3.63) is 34.6 Å². The van der Waals surface area contributed by atoms with Crippen LogP contribution in [0.3, 0.4) is 0 Å². The fourth-order valence-corrected chi connectivity index (χ4v) is 7.05. The molecule has 7 atom stereocenters. The zero-order valence-corrected chi connectivity index (χ0v) is 23.5. The highest BCUT2D eigenvalue weighted by Crippen LogP contribution is 2.59. The lowest BCUT2D eigenvalue weighted by molar-refractivity contribution is -0.245. The van der Waals surface area contributed by atoms with Gasteiger partial charge < -0.3 is 19.3 Å². The molecule has 1 N–H and O–H groups in total. The zero-order valence-electron chi connectivity index (χ0n) is 23.5. The topological polar surface area (TPSA) is 99.1 Å². The molecule has 0 unspecified atom stereocenters. The van der Waals surface area contributed by atoms with E-state index < -0.39 is 29.2 Å². The second-order valence-corrected chi connectivity index (χ2v) is 12.5. The van der Waals surface area contributed by atoms with Crippen LogP contribution >= 0.6 is 0 Å². The Morgan fingerprint density at radius 2 is 1.89 bits per heavy atom. The summed E-state index contributed by atoms with van der Waals surface area (Å²) in [5, 5.41) is 10.5. The number of ether oxygens (including phenoxy) is 3. The monoisotopic (exact) mass is 514 g/mol. The van der Waals surface area contributed by atoms with Gasteiger partial charge in [0.25, 0.3) is 0 Å². The lowest BCUT2D eigenvalue weighted by Crippen LogP contribution is -2.62. The molecule has 2 aliphatic heterocycles. The number of Topliss-reactive ketones (excluding diaryl/α,β-unsaturated/α-hetero) is 1. The Balaban J connectivity index is 1.63. The number of aliphatic hydroxyl groups is 1. The molecule has 0 aromatic heterocycles. The van der Waals surface area contributed by atoms with Crippen molar-refractivity contribution in [1.29, 1.82) is 0 Å². The zero-order chi connectivity index (χ0) is 27.5. The molecule has 204 valence electrons. The SMILES string of the molecule is C/C=C(\C)[C@@H](OC(C)=O)[C@@H](C)C1=CC(=O)C2=C(O[C@]3(C)CC[C@H]4O[C@@H](C(C)(C)O)CC[C@]4(C)[C@H]3C2)C1=O. The Labute approximate surface area is 220 Å². The third-order valence-corrected chi connectivity index (χ3v) is 9.45. The van der Waals surface area contributed by atoms with Crippen molar-refractivity contribution >= 4 is 17.5 Å². The summed E-state index contributed by atoms with van der Waals surface area (Å²) in [4.78, 5) is 39.0. The third-order valence-electron chi connectivity index (χ3n) is 9.45. The molecule has 2 fully saturated rings. The Hall–Kier alpha value is -2.25. The van der Waals surface area contributed by atoms with Gasteiger partial charge in [0.15, 0.2) is 11.5 Å². The summed E-state index contributed by atoms with van der Waals surface area (Å²) in [7, 11) is 0. The summed E-state index contributed by atoms with van der Waals surface area (Å²) in [6.07, 6.45) is 5.84. The van der Waals surface area contributed by atoms with Gasteiger partial charge >= 0.3 is 5.97 Å². The quantitative estimate of drug-likeness (QED) is 0.321. The van der Waals surface area contributed by atoms with E-state index in [0.717, 1.165) is 24.8 Å². The predicted molar refractivity (Wildman–Crippen MR) is 138 cm³/mol. The van der Waals surface area contributed by atoms with Crippen molar-refractivity contribution in [1.82, 2.24) is 0 Å². The summed E-state index contributed by atoms with van der Waals surface area (Å²) >= 11 is 0. The summed E-state index contributed by atoms with van der Waals surface area (Å²) in [5.41, 5.74) is -0.204. The Kier molecular flexibility index (Phi) is 7.13. The largest absolute Gasteiger partial charge is 0.483 e. The van der Waals surface area contributed by atoms with Gasteiger partial charge in [0.05, 0.1) is 17.8 Å². The third kappa shape index (κ3) is 4.74. The average molecular weight is 515 g/mol. The van der Waals surface area contributed by atoms with Crippen molar-refractivity contribution in [2.45, 2.75) is 117 Å². The lowest BCUT2D eigenvalue weighted by atomic mass is 9.53. The highest BCUT2D eigenvalue weighted by Gasteiger charge is 2.61. The molecule has 4 aliphatic rings. The smallest absolute Gasteiger partial charge is 0.303 e. The second-order valence-electron chi connectivity index (χ2n) is 12.5. The van der Waals surface area contributed by atoms with Gasteiger partial charge in [0.1, 0.15) is 11.7 Å². The van der Waals surface area contributed by atoms with E-state index in [1.54, 1.807) is 20.8 Å². The van der Waals surface area contributed by atoms with Crippen LogP contribution in [0.5, 0.6) is 0 Å². The van der Waals surface area contributed by atoms with Gasteiger partial charge in [-0.05, 0) is 78.4 Å².